The van der Waals surface area contributed by atoms with Gasteiger partial charge in [-0.15, -0.1) is 11.3 Å². The predicted molar refractivity (Wildman–Crippen MR) is 81.8 cm³/mol. The van der Waals surface area contributed by atoms with Gasteiger partial charge in [0, 0.05) is 10.9 Å². The number of alkyl halides is 3. The van der Waals surface area contributed by atoms with Gasteiger partial charge in [-0.3, -0.25) is 10.1 Å². The molecule has 1 N–H and O–H groups in total. The highest BCUT2D eigenvalue weighted by Gasteiger charge is 2.33. The number of nitrogens with zero attached hydrogens (tertiary/aromatic N) is 1. The van der Waals surface area contributed by atoms with E-state index < -0.39 is 17.8 Å². The van der Waals surface area contributed by atoms with Crippen LogP contribution in [0.3, 0.4) is 0 Å². The Morgan fingerprint density at radius 2 is 2.13 bits per heavy atom. The molecule has 0 radical (unpaired) electrons. The summed E-state index contributed by atoms with van der Waals surface area (Å²) in [6.45, 7) is 4.50. The first-order chi connectivity index (χ1) is 10.8. The SMILES string of the molecule is CC(C)COc1cccc(C(=O)Nc2nc(C(F)(F)F)cs2)c1. The van der Waals surface area contributed by atoms with E-state index in [1.54, 1.807) is 18.2 Å². The molecule has 0 unspecified atom stereocenters. The highest BCUT2D eigenvalue weighted by atomic mass is 32.1. The summed E-state index contributed by atoms with van der Waals surface area (Å²) < 4.78 is 43.0. The second-order valence-corrected chi connectivity index (χ2v) is 6.08. The molecule has 0 fully saturated rings. The van der Waals surface area contributed by atoms with Crippen molar-refractivity contribution in [3.8, 4) is 5.75 Å². The van der Waals surface area contributed by atoms with Crippen molar-refractivity contribution >= 4 is 22.4 Å². The number of aromatic nitrogens is 1. The molecule has 1 aromatic heterocycles. The number of carbonyl (C=O) groups is 1. The predicted octanol–water partition coefficient (Wildman–Crippen LogP) is 4.45. The van der Waals surface area contributed by atoms with Crippen LogP contribution in [0.2, 0.25) is 0 Å². The number of amides is 1. The maximum atomic E-state index is 12.5. The Bertz CT molecular complexity index is 683. The number of rotatable bonds is 5. The standard InChI is InChI=1S/C15H15F3N2O2S/c1-9(2)7-22-11-5-3-4-10(6-11)13(21)20-14-19-12(8-23-14)15(16,17)18/h3-6,8-9H,7H2,1-2H3,(H,19,20,21). The summed E-state index contributed by atoms with van der Waals surface area (Å²) in [4.78, 5) is 15.4. The van der Waals surface area contributed by atoms with Crippen molar-refractivity contribution in [1.82, 2.24) is 4.98 Å². The maximum Gasteiger partial charge on any atom is 0.434 e. The van der Waals surface area contributed by atoms with Gasteiger partial charge >= 0.3 is 6.18 Å². The van der Waals surface area contributed by atoms with Gasteiger partial charge in [-0.2, -0.15) is 13.2 Å². The van der Waals surface area contributed by atoms with E-state index in [1.807, 2.05) is 13.8 Å². The molecule has 23 heavy (non-hydrogen) atoms. The van der Waals surface area contributed by atoms with Crippen LogP contribution in [0.1, 0.15) is 29.9 Å². The van der Waals surface area contributed by atoms with Gasteiger partial charge in [0.25, 0.3) is 5.91 Å². The lowest BCUT2D eigenvalue weighted by Crippen LogP contribution is -2.13. The summed E-state index contributed by atoms with van der Waals surface area (Å²) in [5.41, 5.74) is -0.734. The molecule has 0 aliphatic rings. The van der Waals surface area contributed by atoms with E-state index in [1.165, 1.54) is 6.07 Å². The second kappa shape index (κ2) is 6.99. The van der Waals surface area contributed by atoms with E-state index in [2.05, 4.69) is 10.3 Å². The summed E-state index contributed by atoms with van der Waals surface area (Å²) in [6, 6.07) is 6.45. The highest BCUT2D eigenvalue weighted by Crippen LogP contribution is 2.31. The lowest BCUT2D eigenvalue weighted by atomic mass is 10.2. The van der Waals surface area contributed by atoms with E-state index in [0.29, 0.717) is 18.3 Å². The van der Waals surface area contributed by atoms with Crippen molar-refractivity contribution < 1.29 is 22.7 Å². The van der Waals surface area contributed by atoms with Crippen LogP contribution in [0.15, 0.2) is 29.6 Å². The van der Waals surface area contributed by atoms with E-state index in [0.717, 1.165) is 16.7 Å². The summed E-state index contributed by atoms with van der Waals surface area (Å²) >= 11 is 0.723. The Labute approximate surface area is 135 Å². The van der Waals surface area contributed by atoms with Gasteiger partial charge < -0.3 is 4.74 Å². The van der Waals surface area contributed by atoms with Crippen molar-refractivity contribution in [3.63, 3.8) is 0 Å². The average molecular weight is 344 g/mol. The molecule has 0 saturated heterocycles. The Kier molecular flexibility index (Phi) is 5.25. The number of benzene rings is 1. The molecule has 0 atom stereocenters. The van der Waals surface area contributed by atoms with Gasteiger partial charge in [0.1, 0.15) is 5.75 Å². The number of anilines is 1. The molecule has 0 spiro atoms. The van der Waals surface area contributed by atoms with Gasteiger partial charge in [0.2, 0.25) is 0 Å². The quantitative estimate of drug-likeness (QED) is 0.872. The molecule has 2 rings (SSSR count). The number of thiazole rings is 1. The molecule has 1 aromatic carbocycles. The van der Waals surface area contributed by atoms with Crippen molar-refractivity contribution in [2.75, 3.05) is 11.9 Å². The summed E-state index contributed by atoms with van der Waals surface area (Å²) in [6.07, 6.45) is -4.52. The minimum absolute atomic E-state index is 0.101. The summed E-state index contributed by atoms with van der Waals surface area (Å²) in [5.74, 6) is 0.327. The molecule has 124 valence electrons. The molecule has 2 aromatic rings. The molecular formula is C15H15F3N2O2S. The third kappa shape index (κ3) is 4.95. The lowest BCUT2D eigenvalue weighted by Gasteiger charge is -2.09. The first kappa shape index (κ1) is 17.3. The van der Waals surface area contributed by atoms with E-state index in [-0.39, 0.29) is 10.7 Å². The number of ether oxygens (including phenoxy) is 1. The van der Waals surface area contributed by atoms with Gasteiger partial charge in [-0.25, -0.2) is 4.98 Å². The van der Waals surface area contributed by atoms with Crippen molar-refractivity contribution in [2.45, 2.75) is 20.0 Å². The third-order valence-electron chi connectivity index (χ3n) is 2.69. The fourth-order valence-corrected chi connectivity index (χ4v) is 2.33. The van der Waals surface area contributed by atoms with Gasteiger partial charge in [-0.05, 0) is 24.1 Å². The van der Waals surface area contributed by atoms with Gasteiger partial charge in [0.05, 0.1) is 6.61 Å². The van der Waals surface area contributed by atoms with Crippen LogP contribution in [0.4, 0.5) is 18.3 Å². The zero-order valence-electron chi connectivity index (χ0n) is 12.5. The third-order valence-corrected chi connectivity index (χ3v) is 3.45. The summed E-state index contributed by atoms with van der Waals surface area (Å²) in [7, 11) is 0. The molecule has 0 aliphatic heterocycles. The lowest BCUT2D eigenvalue weighted by molar-refractivity contribution is -0.140. The fourth-order valence-electron chi connectivity index (χ4n) is 1.62. The van der Waals surface area contributed by atoms with Crippen LogP contribution in [-0.4, -0.2) is 17.5 Å². The van der Waals surface area contributed by atoms with Crippen molar-refractivity contribution in [3.05, 3.63) is 40.9 Å². The zero-order valence-corrected chi connectivity index (χ0v) is 13.3. The Morgan fingerprint density at radius 1 is 1.39 bits per heavy atom. The smallest absolute Gasteiger partial charge is 0.434 e. The Balaban J connectivity index is 2.06. The normalized spacial score (nSPS) is 11.6. The molecule has 0 bridgehead atoms. The van der Waals surface area contributed by atoms with Crippen LogP contribution in [-0.2, 0) is 6.18 Å². The monoisotopic (exact) mass is 344 g/mol. The summed E-state index contributed by atoms with van der Waals surface area (Å²) in [5, 5.41) is 3.11. The van der Waals surface area contributed by atoms with Crippen LogP contribution in [0.5, 0.6) is 5.75 Å². The fraction of sp³-hybridized carbons (Fsp3) is 0.333. The molecule has 1 amide bonds. The maximum absolute atomic E-state index is 12.5. The number of carbonyl (C=O) groups excluding carboxylic acids is 1. The highest BCUT2D eigenvalue weighted by molar-refractivity contribution is 7.14. The van der Waals surface area contributed by atoms with E-state index >= 15 is 0 Å². The zero-order chi connectivity index (χ0) is 17.0. The molecule has 4 nitrogen and oxygen atoms in total. The molecule has 1 heterocycles. The van der Waals surface area contributed by atoms with E-state index in [9.17, 15) is 18.0 Å². The number of hydrogen-bond acceptors (Lipinski definition) is 4. The van der Waals surface area contributed by atoms with Crippen LogP contribution < -0.4 is 10.1 Å². The molecule has 0 aliphatic carbocycles. The number of hydrogen-bond donors (Lipinski definition) is 1. The first-order valence-corrected chi connectivity index (χ1v) is 7.70. The Morgan fingerprint density at radius 3 is 2.74 bits per heavy atom. The van der Waals surface area contributed by atoms with Crippen LogP contribution >= 0.6 is 11.3 Å². The first-order valence-electron chi connectivity index (χ1n) is 6.82. The van der Waals surface area contributed by atoms with Crippen molar-refractivity contribution in [1.29, 1.82) is 0 Å². The Hall–Kier alpha value is -2.09. The van der Waals surface area contributed by atoms with Gasteiger partial charge in [-0.1, -0.05) is 19.9 Å². The van der Waals surface area contributed by atoms with Gasteiger partial charge in [0.15, 0.2) is 10.8 Å². The van der Waals surface area contributed by atoms with Crippen LogP contribution in [0.25, 0.3) is 0 Å². The molecular weight excluding hydrogens is 329 g/mol. The minimum Gasteiger partial charge on any atom is -0.493 e. The number of nitrogens with one attached hydrogen (secondary N) is 1. The van der Waals surface area contributed by atoms with Crippen molar-refractivity contribution in [2.24, 2.45) is 5.92 Å². The largest absolute Gasteiger partial charge is 0.493 e. The van der Waals surface area contributed by atoms with Crippen LogP contribution in [0, 0.1) is 5.92 Å². The number of halogens is 3. The average Bonchev–Trinajstić information content (AvgIpc) is 2.94. The topological polar surface area (TPSA) is 51.2 Å². The molecule has 8 heteroatoms. The minimum atomic E-state index is -4.52. The van der Waals surface area contributed by atoms with E-state index in [4.69, 9.17) is 4.74 Å². The molecule has 0 saturated carbocycles. The second-order valence-electron chi connectivity index (χ2n) is 5.22.